The fourth-order valence-electron chi connectivity index (χ4n) is 2.69. The summed E-state index contributed by atoms with van der Waals surface area (Å²) in [6, 6.07) is 10.5. The SMILES string of the molecule is c1ccc2c(c1)CCNC2c1nnc2ncccn12. The maximum Gasteiger partial charge on any atom is 0.255 e. The first-order valence-corrected chi connectivity index (χ1v) is 6.40. The molecular weight excluding hydrogens is 238 g/mol. The summed E-state index contributed by atoms with van der Waals surface area (Å²) in [5.74, 6) is 1.54. The highest BCUT2D eigenvalue weighted by atomic mass is 15.3. The highest BCUT2D eigenvalue weighted by Gasteiger charge is 2.25. The third-order valence-corrected chi connectivity index (χ3v) is 3.58. The van der Waals surface area contributed by atoms with E-state index < -0.39 is 0 Å². The van der Waals surface area contributed by atoms with Crippen molar-refractivity contribution in [1.29, 1.82) is 0 Å². The van der Waals surface area contributed by atoms with Gasteiger partial charge in [-0.05, 0) is 23.6 Å². The molecule has 2 aromatic heterocycles. The van der Waals surface area contributed by atoms with Gasteiger partial charge in [0, 0.05) is 18.9 Å². The van der Waals surface area contributed by atoms with Crippen molar-refractivity contribution in [2.45, 2.75) is 12.5 Å². The maximum absolute atomic E-state index is 4.31. The Labute approximate surface area is 110 Å². The maximum atomic E-state index is 4.31. The Bertz CT molecular complexity index is 733. The molecule has 1 aromatic carbocycles. The summed E-state index contributed by atoms with van der Waals surface area (Å²) in [6.45, 7) is 0.955. The Morgan fingerprint density at radius 3 is 3.11 bits per heavy atom. The van der Waals surface area contributed by atoms with Crippen molar-refractivity contribution in [1.82, 2.24) is 24.9 Å². The van der Waals surface area contributed by atoms with E-state index in [2.05, 4.69) is 44.8 Å². The zero-order chi connectivity index (χ0) is 12.7. The highest BCUT2D eigenvalue weighted by Crippen LogP contribution is 2.27. The molecule has 94 valence electrons. The molecule has 0 aliphatic carbocycles. The van der Waals surface area contributed by atoms with Crippen molar-refractivity contribution in [3.63, 3.8) is 0 Å². The topological polar surface area (TPSA) is 55.1 Å². The lowest BCUT2D eigenvalue weighted by molar-refractivity contribution is 0.539. The highest BCUT2D eigenvalue weighted by molar-refractivity contribution is 5.38. The summed E-state index contributed by atoms with van der Waals surface area (Å²) < 4.78 is 1.94. The Hall–Kier alpha value is -2.27. The second kappa shape index (κ2) is 4.13. The molecule has 1 atom stereocenters. The molecule has 3 aromatic rings. The summed E-state index contributed by atoms with van der Waals surface area (Å²) in [5.41, 5.74) is 2.67. The lowest BCUT2D eigenvalue weighted by Crippen LogP contribution is -2.31. The van der Waals surface area contributed by atoms with E-state index in [1.165, 1.54) is 11.1 Å². The smallest absolute Gasteiger partial charge is 0.255 e. The number of fused-ring (bicyclic) bond motifs is 2. The average Bonchev–Trinajstić information content (AvgIpc) is 2.90. The largest absolute Gasteiger partial charge is 0.303 e. The van der Waals surface area contributed by atoms with Gasteiger partial charge in [-0.3, -0.25) is 4.40 Å². The van der Waals surface area contributed by atoms with Crippen molar-refractivity contribution in [2.75, 3.05) is 6.54 Å². The summed E-state index contributed by atoms with van der Waals surface area (Å²) in [6.07, 6.45) is 4.74. The van der Waals surface area contributed by atoms with E-state index in [-0.39, 0.29) is 6.04 Å². The van der Waals surface area contributed by atoms with Gasteiger partial charge in [-0.15, -0.1) is 10.2 Å². The van der Waals surface area contributed by atoms with Gasteiger partial charge in [0.1, 0.15) is 0 Å². The average molecular weight is 251 g/mol. The number of hydrogen-bond donors (Lipinski definition) is 1. The van der Waals surface area contributed by atoms with Crippen molar-refractivity contribution >= 4 is 5.78 Å². The second-order valence-corrected chi connectivity index (χ2v) is 4.68. The molecule has 0 radical (unpaired) electrons. The van der Waals surface area contributed by atoms with Crippen molar-refractivity contribution in [3.05, 3.63) is 59.7 Å². The molecule has 1 unspecified atom stereocenters. The zero-order valence-electron chi connectivity index (χ0n) is 10.3. The van der Waals surface area contributed by atoms with E-state index in [9.17, 15) is 0 Å². The molecule has 0 spiro atoms. The molecule has 0 saturated carbocycles. The lowest BCUT2D eigenvalue weighted by atomic mass is 9.94. The Balaban J connectivity index is 1.90. The van der Waals surface area contributed by atoms with E-state index in [4.69, 9.17) is 0 Å². The van der Waals surface area contributed by atoms with Gasteiger partial charge in [0.2, 0.25) is 0 Å². The molecule has 3 heterocycles. The number of benzene rings is 1. The van der Waals surface area contributed by atoms with Gasteiger partial charge >= 0.3 is 0 Å². The Morgan fingerprint density at radius 2 is 2.11 bits per heavy atom. The number of nitrogens with zero attached hydrogens (tertiary/aromatic N) is 4. The van der Waals surface area contributed by atoms with Gasteiger partial charge in [-0.2, -0.15) is 0 Å². The predicted octanol–water partition coefficient (Wildman–Crippen LogP) is 1.36. The molecule has 4 rings (SSSR count). The van der Waals surface area contributed by atoms with Crippen LogP contribution in [0.5, 0.6) is 0 Å². The monoisotopic (exact) mass is 251 g/mol. The standard InChI is InChI=1S/C14H13N5/c1-2-5-11-10(4-1)6-8-15-12(11)13-17-18-14-16-7-3-9-19(13)14/h1-5,7,9,12,15H,6,8H2. The molecule has 0 bridgehead atoms. The van der Waals surface area contributed by atoms with E-state index in [0.29, 0.717) is 5.78 Å². The van der Waals surface area contributed by atoms with E-state index >= 15 is 0 Å². The first-order chi connectivity index (χ1) is 9.43. The van der Waals surface area contributed by atoms with Gasteiger partial charge in [-0.1, -0.05) is 24.3 Å². The summed E-state index contributed by atoms with van der Waals surface area (Å²) in [7, 11) is 0. The molecule has 0 saturated heterocycles. The second-order valence-electron chi connectivity index (χ2n) is 4.68. The summed E-state index contributed by atoms with van der Waals surface area (Å²) >= 11 is 0. The molecule has 1 N–H and O–H groups in total. The molecule has 19 heavy (non-hydrogen) atoms. The van der Waals surface area contributed by atoms with Crippen LogP contribution in [0, 0.1) is 0 Å². The fourth-order valence-corrected chi connectivity index (χ4v) is 2.69. The van der Waals surface area contributed by atoms with E-state index in [0.717, 1.165) is 18.8 Å². The number of aromatic nitrogens is 4. The summed E-state index contributed by atoms with van der Waals surface area (Å²) in [5, 5.41) is 12.0. The lowest BCUT2D eigenvalue weighted by Gasteiger charge is -2.25. The number of nitrogens with one attached hydrogen (secondary N) is 1. The normalized spacial score (nSPS) is 18.4. The van der Waals surface area contributed by atoms with Crippen LogP contribution in [0.3, 0.4) is 0 Å². The van der Waals surface area contributed by atoms with Gasteiger partial charge in [0.05, 0.1) is 6.04 Å². The van der Waals surface area contributed by atoms with Crippen molar-refractivity contribution in [2.24, 2.45) is 0 Å². The van der Waals surface area contributed by atoms with Crippen LogP contribution >= 0.6 is 0 Å². The first-order valence-electron chi connectivity index (χ1n) is 6.40. The molecule has 5 nitrogen and oxygen atoms in total. The zero-order valence-corrected chi connectivity index (χ0v) is 10.3. The fraction of sp³-hybridized carbons (Fsp3) is 0.214. The van der Waals surface area contributed by atoms with Crippen LogP contribution < -0.4 is 5.32 Å². The van der Waals surface area contributed by atoms with Gasteiger partial charge < -0.3 is 5.32 Å². The van der Waals surface area contributed by atoms with E-state index in [1.54, 1.807) is 6.20 Å². The first kappa shape index (κ1) is 10.6. The van der Waals surface area contributed by atoms with Crippen molar-refractivity contribution < 1.29 is 0 Å². The summed E-state index contributed by atoms with van der Waals surface area (Å²) in [4.78, 5) is 4.21. The number of rotatable bonds is 1. The number of hydrogen-bond acceptors (Lipinski definition) is 4. The van der Waals surface area contributed by atoms with Gasteiger partial charge in [0.25, 0.3) is 5.78 Å². The molecular formula is C14H13N5. The Morgan fingerprint density at radius 1 is 1.16 bits per heavy atom. The predicted molar refractivity (Wildman–Crippen MR) is 70.8 cm³/mol. The van der Waals surface area contributed by atoms with Gasteiger partial charge in [0.15, 0.2) is 5.82 Å². The van der Waals surface area contributed by atoms with Crippen LogP contribution in [0.15, 0.2) is 42.7 Å². The molecule has 5 heteroatoms. The van der Waals surface area contributed by atoms with Crippen LogP contribution in [-0.4, -0.2) is 26.1 Å². The minimum absolute atomic E-state index is 0.0872. The molecule has 1 aliphatic rings. The van der Waals surface area contributed by atoms with Crippen molar-refractivity contribution in [3.8, 4) is 0 Å². The van der Waals surface area contributed by atoms with E-state index in [1.807, 2.05) is 16.7 Å². The molecule has 0 amide bonds. The minimum Gasteiger partial charge on any atom is -0.303 e. The van der Waals surface area contributed by atoms with Crippen LogP contribution in [0.25, 0.3) is 5.78 Å². The van der Waals surface area contributed by atoms with Crippen LogP contribution in [0.2, 0.25) is 0 Å². The third-order valence-electron chi connectivity index (χ3n) is 3.58. The van der Waals surface area contributed by atoms with Gasteiger partial charge in [-0.25, -0.2) is 4.98 Å². The van der Waals surface area contributed by atoms with Crippen LogP contribution in [0.1, 0.15) is 23.0 Å². The Kier molecular flexibility index (Phi) is 2.31. The van der Waals surface area contributed by atoms with Crippen LogP contribution in [0.4, 0.5) is 0 Å². The third kappa shape index (κ3) is 1.62. The van der Waals surface area contributed by atoms with Crippen LogP contribution in [-0.2, 0) is 6.42 Å². The molecule has 0 fully saturated rings. The quantitative estimate of drug-likeness (QED) is 0.709. The minimum atomic E-state index is 0.0872. The molecule has 1 aliphatic heterocycles.